The molecule has 0 spiro atoms. The van der Waals surface area contributed by atoms with Crippen molar-refractivity contribution in [3.8, 4) is 0 Å². The molecule has 162 valence electrons. The Kier molecular flexibility index (Phi) is 3.17. The van der Waals surface area contributed by atoms with Gasteiger partial charge in [-0.3, -0.25) is 4.40 Å². The molecule has 0 amide bonds. The second-order valence-electron chi connectivity index (χ2n) is 9.19. The Labute approximate surface area is 202 Å². The molecule has 0 N–H and O–H groups in total. The van der Waals surface area contributed by atoms with Gasteiger partial charge in [0.1, 0.15) is 16.8 Å². The number of furan rings is 1. The first kappa shape index (κ1) is 18.0. The molecular formula is C31H16N2OS. The van der Waals surface area contributed by atoms with Gasteiger partial charge in [0.25, 0.3) is 0 Å². The number of benzene rings is 5. The van der Waals surface area contributed by atoms with Crippen molar-refractivity contribution in [3.63, 3.8) is 0 Å². The number of nitrogens with zero attached hydrogens (tertiary/aromatic N) is 2. The molecule has 4 aromatic heterocycles. The van der Waals surface area contributed by atoms with E-state index in [0.29, 0.717) is 0 Å². The molecule has 3 nitrogen and oxygen atoms in total. The lowest BCUT2D eigenvalue weighted by atomic mass is 10.0. The maximum Gasteiger partial charge on any atom is 0.146 e. The average molecular weight is 465 g/mol. The molecule has 9 rings (SSSR count). The van der Waals surface area contributed by atoms with Gasteiger partial charge in [-0.1, -0.05) is 48.5 Å². The number of fused-ring (bicyclic) bond motifs is 15. The normalized spacial score (nSPS) is 12.6. The topological polar surface area (TPSA) is 30.4 Å². The van der Waals surface area contributed by atoms with Crippen LogP contribution in [0.15, 0.2) is 101 Å². The molecule has 0 unspecified atom stereocenters. The van der Waals surface area contributed by atoms with Crippen molar-refractivity contribution in [2.45, 2.75) is 0 Å². The third-order valence-electron chi connectivity index (χ3n) is 7.35. The Morgan fingerprint density at radius 2 is 1.40 bits per heavy atom. The Hall–Kier alpha value is -4.41. The second kappa shape index (κ2) is 6.17. The average Bonchev–Trinajstić information content (AvgIpc) is 3.58. The van der Waals surface area contributed by atoms with Gasteiger partial charge in [0.05, 0.1) is 16.6 Å². The minimum Gasteiger partial charge on any atom is -0.455 e. The van der Waals surface area contributed by atoms with Crippen LogP contribution in [-0.2, 0) is 0 Å². The summed E-state index contributed by atoms with van der Waals surface area (Å²) in [4.78, 5) is 5.11. The van der Waals surface area contributed by atoms with Crippen LogP contribution >= 0.6 is 11.3 Å². The highest BCUT2D eigenvalue weighted by Crippen LogP contribution is 2.43. The van der Waals surface area contributed by atoms with Gasteiger partial charge >= 0.3 is 0 Å². The molecular weight excluding hydrogens is 448 g/mol. The van der Waals surface area contributed by atoms with E-state index in [0.717, 1.165) is 54.9 Å². The van der Waals surface area contributed by atoms with E-state index in [4.69, 9.17) is 9.40 Å². The van der Waals surface area contributed by atoms with Gasteiger partial charge in [0.15, 0.2) is 0 Å². The Morgan fingerprint density at radius 1 is 0.600 bits per heavy atom. The fraction of sp³-hybridized carbons (Fsp3) is 0. The number of hydrogen-bond donors (Lipinski definition) is 0. The number of para-hydroxylation sites is 3. The highest BCUT2D eigenvalue weighted by molar-refractivity contribution is 7.25. The lowest BCUT2D eigenvalue weighted by Gasteiger charge is -2.10. The van der Waals surface area contributed by atoms with Crippen LogP contribution in [0, 0.1) is 0 Å². The maximum atomic E-state index is 6.53. The van der Waals surface area contributed by atoms with Crippen molar-refractivity contribution < 1.29 is 4.42 Å². The number of imidazole rings is 1. The van der Waals surface area contributed by atoms with Crippen LogP contribution < -0.4 is 0 Å². The SMILES string of the molecule is c1ccc2c(c1)nc1c3ccc4c5ccccc5oc4c3c3cc4sc5ccccc5c4cc3n21. The number of thiophene rings is 1. The highest BCUT2D eigenvalue weighted by atomic mass is 32.1. The summed E-state index contributed by atoms with van der Waals surface area (Å²) in [7, 11) is 0. The van der Waals surface area contributed by atoms with Gasteiger partial charge in [-0.25, -0.2) is 4.98 Å². The summed E-state index contributed by atoms with van der Waals surface area (Å²) in [6.07, 6.45) is 0. The minimum absolute atomic E-state index is 0.916. The molecule has 4 heterocycles. The van der Waals surface area contributed by atoms with E-state index in [1.807, 2.05) is 17.4 Å². The zero-order valence-electron chi connectivity index (χ0n) is 18.4. The molecule has 0 saturated heterocycles. The maximum absolute atomic E-state index is 6.53. The molecule has 0 radical (unpaired) electrons. The van der Waals surface area contributed by atoms with Crippen LogP contribution in [0.5, 0.6) is 0 Å². The molecule has 0 aliphatic heterocycles. The van der Waals surface area contributed by atoms with Crippen LogP contribution in [-0.4, -0.2) is 9.38 Å². The van der Waals surface area contributed by atoms with Crippen molar-refractivity contribution in [1.82, 2.24) is 9.38 Å². The first-order valence-electron chi connectivity index (χ1n) is 11.7. The molecule has 0 aliphatic carbocycles. The van der Waals surface area contributed by atoms with Gasteiger partial charge in [-0.2, -0.15) is 0 Å². The van der Waals surface area contributed by atoms with E-state index >= 15 is 0 Å². The van der Waals surface area contributed by atoms with Crippen LogP contribution in [0.2, 0.25) is 0 Å². The van der Waals surface area contributed by atoms with Crippen molar-refractivity contribution in [3.05, 3.63) is 97.1 Å². The van der Waals surface area contributed by atoms with E-state index < -0.39 is 0 Å². The molecule has 4 heteroatoms. The molecule has 0 saturated carbocycles. The smallest absolute Gasteiger partial charge is 0.146 e. The zero-order valence-corrected chi connectivity index (χ0v) is 19.3. The number of aromatic nitrogens is 2. The summed E-state index contributed by atoms with van der Waals surface area (Å²) in [5, 5.41) is 8.32. The van der Waals surface area contributed by atoms with Crippen LogP contribution in [0.4, 0.5) is 0 Å². The second-order valence-corrected chi connectivity index (χ2v) is 10.3. The lowest BCUT2D eigenvalue weighted by molar-refractivity contribution is 0.673. The summed E-state index contributed by atoms with van der Waals surface area (Å²) in [6, 6.07) is 34.5. The van der Waals surface area contributed by atoms with Crippen LogP contribution in [0.25, 0.3) is 80.5 Å². The van der Waals surface area contributed by atoms with E-state index in [1.54, 1.807) is 0 Å². The third-order valence-corrected chi connectivity index (χ3v) is 8.49. The largest absolute Gasteiger partial charge is 0.455 e. The summed E-state index contributed by atoms with van der Waals surface area (Å²) in [5.74, 6) is 0. The highest BCUT2D eigenvalue weighted by Gasteiger charge is 2.20. The fourth-order valence-corrected chi connectivity index (χ4v) is 6.97. The van der Waals surface area contributed by atoms with Gasteiger partial charge in [-0.15, -0.1) is 11.3 Å². The van der Waals surface area contributed by atoms with Gasteiger partial charge in [0, 0.05) is 47.1 Å². The van der Waals surface area contributed by atoms with E-state index in [2.05, 4.69) is 95.4 Å². The summed E-state index contributed by atoms with van der Waals surface area (Å²) in [5.41, 5.74) is 6.10. The summed E-state index contributed by atoms with van der Waals surface area (Å²) in [6.45, 7) is 0. The Morgan fingerprint density at radius 3 is 2.37 bits per heavy atom. The molecule has 35 heavy (non-hydrogen) atoms. The van der Waals surface area contributed by atoms with Gasteiger partial charge in [-0.05, 0) is 48.5 Å². The monoisotopic (exact) mass is 464 g/mol. The van der Waals surface area contributed by atoms with E-state index in [-0.39, 0.29) is 0 Å². The fourth-order valence-electron chi connectivity index (χ4n) is 5.84. The van der Waals surface area contributed by atoms with E-state index in [9.17, 15) is 0 Å². The molecule has 5 aromatic carbocycles. The van der Waals surface area contributed by atoms with Gasteiger partial charge < -0.3 is 4.42 Å². The van der Waals surface area contributed by atoms with Crippen LogP contribution in [0.3, 0.4) is 0 Å². The standard InChI is InChI=1S/C31H16N2OS/c1-5-11-26-17(7-1)19-13-14-20-29(30(19)34-26)22-16-28-21(18-8-2-6-12-27(18)35-28)15-25(22)33-24-10-4-3-9-23(24)32-31(20)33/h1-16H. The number of hydrogen-bond acceptors (Lipinski definition) is 3. The quantitative estimate of drug-likeness (QED) is 0.210. The van der Waals surface area contributed by atoms with Gasteiger partial charge in [0.2, 0.25) is 0 Å². The lowest BCUT2D eigenvalue weighted by Crippen LogP contribution is -1.92. The van der Waals surface area contributed by atoms with Crippen LogP contribution in [0.1, 0.15) is 0 Å². The minimum atomic E-state index is 0.916. The first-order chi connectivity index (χ1) is 17.3. The summed E-state index contributed by atoms with van der Waals surface area (Å²) >= 11 is 1.85. The van der Waals surface area contributed by atoms with E-state index in [1.165, 1.54) is 25.6 Å². The Bertz CT molecular complexity index is 2330. The first-order valence-corrected chi connectivity index (χ1v) is 12.5. The van der Waals surface area contributed by atoms with Crippen molar-refractivity contribution >= 4 is 91.8 Å². The Balaban J connectivity index is 1.64. The molecule has 0 atom stereocenters. The zero-order chi connectivity index (χ0) is 22.7. The molecule has 0 aliphatic rings. The predicted molar refractivity (Wildman–Crippen MR) is 148 cm³/mol. The van der Waals surface area contributed by atoms with Crippen molar-refractivity contribution in [1.29, 1.82) is 0 Å². The predicted octanol–water partition coefficient (Wildman–Crippen LogP) is 9.06. The number of rotatable bonds is 0. The third kappa shape index (κ3) is 2.18. The molecule has 0 bridgehead atoms. The van der Waals surface area contributed by atoms with Crippen molar-refractivity contribution in [2.75, 3.05) is 0 Å². The summed E-state index contributed by atoms with van der Waals surface area (Å²) < 4.78 is 11.5. The number of pyridine rings is 1. The molecule has 9 aromatic rings. The van der Waals surface area contributed by atoms with Crippen molar-refractivity contribution in [2.24, 2.45) is 0 Å². The molecule has 0 fully saturated rings.